The summed E-state index contributed by atoms with van der Waals surface area (Å²) in [5, 5.41) is 0. The number of rotatable bonds is 6. The van der Waals surface area contributed by atoms with Gasteiger partial charge in [-0.2, -0.15) is 0 Å². The van der Waals surface area contributed by atoms with Crippen LogP contribution in [-0.2, 0) is 16.2 Å². The van der Waals surface area contributed by atoms with Crippen molar-refractivity contribution in [1.29, 1.82) is 0 Å². The molecule has 0 radical (unpaired) electrons. The van der Waals surface area contributed by atoms with Crippen LogP contribution in [0.1, 0.15) is 94.9 Å². The van der Waals surface area contributed by atoms with Gasteiger partial charge in [-0.1, -0.05) is 155 Å². The molecule has 302 valence electrons. The van der Waals surface area contributed by atoms with Gasteiger partial charge in [-0.05, 0) is 177 Å². The van der Waals surface area contributed by atoms with Crippen LogP contribution in [0, 0.1) is 23.7 Å². The highest BCUT2D eigenvalue weighted by molar-refractivity contribution is 5.95. The summed E-state index contributed by atoms with van der Waals surface area (Å²) in [6, 6.07) is 62.8. The van der Waals surface area contributed by atoms with E-state index in [9.17, 15) is 0 Å². The lowest BCUT2D eigenvalue weighted by atomic mass is 9.43. The Morgan fingerprint density at radius 2 is 0.885 bits per heavy atom. The first-order valence-electron chi connectivity index (χ1n) is 23.2. The van der Waals surface area contributed by atoms with Crippen LogP contribution in [0.2, 0.25) is 0 Å². The molecular weight excluding hydrogens is 735 g/mol. The fraction of sp³-hybridized carbons (Fsp3) is 0.300. The highest BCUT2D eigenvalue weighted by atomic mass is 15.1. The average Bonchev–Trinajstić information content (AvgIpc) is 3.57. The zero-order valence-corrected chi connectivity index (χ0v) is 36.3. The highest BCUT2D eigenvalue weighted by Crippen LogP contribution is 2.70. The molecule has 6 aliphatic carbocycles. The van der Waals surface area contributed by atoms with Gasteiger partial charge in [0.2, 0.25) is 0 Å². The standard InChI is InChI=1S/C60H57N/c1-58(2)29-30-59(3,4)56-36-49(27-28-54(56)58)61(48-25-23-44(24-26-48)43-21-19-42(20-22-43)41-13-7-5-8-14-41)57-38-55-52(37-51(57)45-15-9-6-10-16-45)50-17-11-12-18-53(50)60(55)46-32-39-31-40(34-46)35-47(60)33-39/h5-28,36-40,46-47H,29-35H2,1-4H3. The van der Waals surface area contributed by atoms with Crippen molar-refractivity contribution >= 4 is 17.1 Å². The minimum atomic E-state index is 0.0760. The van der Waals surface area contributed by atoms with Crippen molar-refractivity contribution in [2.24, 2.45) is 23.7 Å². The molecule has 0 amide bonds. The maximum atomic E-state index is 2.71. The van der Waals surface area contributed by atoms with Gasteiger partial charge in [0.25, 0.3) is 0 Å². The van der Waals surface area contributed by atoms with Crippen molar-refractivity contribution in [3.63, 3.8) is 0 Å². The lowest BCUT2D eigenvalue weighted by molar-refractivity contribution is -0.0399. The lowest BCUT2D eigenvalue weighted by Crippen LogP contribution is -2.55. The summed E-state index contributed by atoms with van der Waals surface area (Å²) in [5.74, 6) is 3.21. The van der Waals surface area contributed by atoms with Gasteiger partial charge in [-0.3, -0.25) is 0 Å². The Kier molecular flexibility index (Phi) is 8.32. The molecule has 13 rings (SSSR count). The fourth-order valence-electron chi connectivity index (χ4n) is 13.6. The zero-order chi connectivity index (χ0) is 41.1. The van der Waals surface area contributed by atoms with Crippen molar-refractivity contribution in [2.75, 3.05) is 4.90 Å². The van der Waals surface area contributed by atoms with Crippen LogP contribution in [0.4, 0.5) is 17.1 Å². The molecule has 0 N–H and O–H groups in total. The molecule has 1 spiro atoms. The number of hydrogen-bond donors (Lipinski definition) is 0. The maximum Gasteiger partial charge on any atom is 0.0543 e. The van der Waals surface area contributed by atoms with Crippen LogP contribution < -0.4 is 4.90 Å². The Morgan fingerprint density at radius 3 is 1.51 bits per heavy atom. The molecule has 0 aliphatic heterocycles. The van der Waals surface area contributed by atoms with Crippen LogP contribution in [0.3, 0.4) is 0 Å². The first kappa shape index (κ1) is 37.1. The molecular formula is C60H57N. The van der Waals surface area contributed by atoms with Crippen LogP contribution in [0.15, 0.2) is 164 Å². The van der Waals surface area contributed by atoms with Gasteiger partial charge in [0.1, 0.15) is 0 Å². The van der Waals surface area contributed by atoms with E-state index in [1.54, 1.807) is 11.1 Å². The predicted molar refractivity (Wildman–Crippen MR) is 256 cm³/mol. The molecule has 0 aromatic heterocycles. The van der Waals surface area contributed by atoms with E-state index in [2.05, 4.69) is 196 Å². The third-order valence-electron chi connectivity index (χ3n) is 16.5. The summed E-state index contributed by atoms with van der Waals surface area (Å²) in [5.41, 5.74) is 20.7. The second-order valence-corrected chi connectivity index (χ2v) is 20.8. The molecule has 1 heteroatoms. The van der Waals surface area contributed by atoms with Crippen molar-refractivity contribution in [1.82, 2.24) is 0 Å². The number of benzene rings is 7. The Balaban J connectivity index is 1.07. The average molecular weight is 792 g/mol. The van der Waals surface area contributed by atoms with E-state index in [0.717, 1.165) is 11.8 Å². The summed E-state index contributed by atoms with van der Waals surface area (Å²) in [7, 11) is 0. The molecule has 0 saturated heterocycles. The quantitative estimate of drug-likeness (QED) is 0.162. The lowest BCUT2D eigenvalue weighted by Gasteiger charge is -2.61. The van der Waals surface area contributed by atoms with Crippen LogP contribution in [0.5, 0.6) is 0 Å². The van der Waals surface area contributed by atoms with E-state index in [4.69, 9.17) is 0 Å². The van der Waals surface area contributed by atoms with Gasteiger partial charge >= 0.3 is 0 Å². The minimum absolute atomic E-state index is 0.0760. The molecule has 0 heterocycles. The monoisotopic (exact) mass is 791 g/mol. The van der Waals surface area contributed by atoms with Gasteiger partial charge in [-0.25, -0.2) is 0 Å². The van der Waals surface area contributed by atoms with Crippen molar-refractivity contribution in [2.45, 2.75) is 88.9 Å². The Hall–Kier alpha value is -5.66. The van der Waals surface area contributed by atoms with Gasteiger partial charge in [0, 0.05) is 22.4 Å². The number of hydrogen-bond acceptors (Lipinski definition) is 1. The van der Waals surface area contributed by atoms with Gasteiger partial charge < -0.3 is 4.90 Å². The number of fused-ring (bicyclic) bond motifs is 4. The van der Waals surface area contributed by atoms with E-state index >= 15 is 0 Å². The molecule has 4 saturated carbocycles. The first-order chi connectivity index (χ1) is 29.7. The van der Waals surface area contributed by atoms with E-state index in [0.29, 0.717) is 11.8 Å². The second-order valence-electron chi connectivity index (χ2n) is 20.8. The molecule has 7 aromatic rings. The molecule has 61 heavy (non-hydrogen) atoms. The molecule has 1 nitrogen and oxygen atoms in total. The second kappa shape index (κ2) is 13.7. The number of anilines is 3. The highest BCUT2D eigenvalue weighted by Gasteiger charge is 2.61. The summed E-state index contributed by atoms with van der Waals surface area (Å²) in [4.78, 5) is 2.63. The number of nitrogens with zero attached hydrogens (tertiary/aromatic N) is 1. The minimum Gasteiger partial charge on any atom is -0.310 e. The Labute approximate surface area is 363 Å². The van der Waals surface area contributed by atoms with Gasteiger partial charge in [0.05, 0.1) is 5.69 Å². The van der Waals surface area contributed by atoms with Gasteiger partial charge in [0.15, 0.2) is 0 Å². The van der Waals surface area contributed by atoms with Crippen LogP contribution in [0.25, 0.3) is 44.5 Å². The summed E-state index contributed by atoms with van der Waals surface area (Å²) >= 11 is 0. The topological polar surface area (TPSA) is 3.24 Å². The first-order valence-corrected chi connectivity index (χ1v) is 23.2. The molecule has 7 aromatic carbocycles. The largest absolute Gasteiger partial charge is 0.310 e. The van der Waals surface area contributed by atoms with Crippen molar-refractivity contribution in [3.8, 4) is 44.5 Å². The molecule has 4 bridgehead atoms. The Morgan fingerprint density at radius 1 is 0.377 bits per heavy atom. The van der Waals surface area contributed by atoms with Crippen LogP contribution in [-0.4, -0.2) is 0 Å². The van der Waals surface area contributed by atoms with E-state index in [1.165, 1.54) is 118 Å². The molecule has 6 aliphatic rings. The maximum absolute atomic E-state index is 2.71. The summed E-state index contributed by atoms with van der Waals surface area (Å²) in [6.07, 6.45) is 9.37. The fourth-order valence-corrected chi connectivity index (χ4v) is 13.6. The van der Waals surface area contributed by atoms with Gasteiger partial charge in [-0.15, -0.1) is 0 Å². The van der Waals surface area contributed by atoms with Crippen LogP contribution >= 0.6 is 0 Å². The van der Waals surface area contributed by atoms with Crippen molar-refractivity contribution in [3.05, 3.63) is 186 Å². The molecule has 0 unspecified atom stereocenters. The van der Waals surface area contributed by atoms with E-state index in [1.807, 2.05) is 0 Å². The predicted octanol–water partition coefficient (Wildman–Crippen LogP) is 16.2. The smallest absolute Gasteiger partial charge is 0.0543 e. The van der Waals surface area contributed by atoms with E-state index < -0.39 is 0 Å². The normalized spacial score (nSPS) is 24.6. The summed E-state index contributed by atoms with van der Waals surface area (Å²) < 4.78 is 0. The molecule has 4 fully saturated rings. The summed E-state index contributed by atoms with van der Waals surface area (Å²) in [6.45, 7) is 9.82. The zero-order valence-electron chi connectivity index (χ0n) is 36.3. The SMILES string of the molecule is CC1(C)CCC(C)(C)c2cc(N(c3ccc(-c4ccc(-c5ccccc5)cc4)cc3)c3cc4c(cc3-c3ccccc3)-c3ccccc3C43C4CC5CC(C4)CC3C5)ccc21. The van der Waals surface area contributed by atoms with E-state index in [-0.39, 0.29) is 16.2 Å². The molecule has 0 atom stereocenters. The Bertz CT molecular complexity index is 2760. The third kappa shape index (κ3) is 5.72. The third-order valence-corrected chi connectivity index (χ3v) is 16.5. The van der Waals surface area contributed by atoms with Crippen molar-refractivity contribution < 1.29 is 0 Å².